The van der Waals surface area contributed by atoms with Crippen molar-refractivity contribution in [3.63, 3.8) is 0 Å². The van der Waals surface area contributed by atoms with Crippen molar-refractivity contribution < 1.29 is 9.53 Å². The van der Waals surface area contributed by atoms with E-state index >= 15 is 0 Å². The third-order valence-corrected chi connectivity index (χ3v) is 4.61. The van der Waals surface area contributed by atoms with Crippen molar-refractivity contribution in [3.8, 4) is 5.88 Å². The maximum absolute atomic E-state index is 12.5. The molecule has 1 aromatic heterocycles. The molecule has 0 radical (unpaired) electrons. The van der Waals surface area contributed by atoms with Gasteiger partial charge in [-0.15, -0.1) is 0 Å². The molecule has 24 heavy (non-hydrogen) atoms. The normalized spacial score (nSPS) is 17.6. The van der Waals surface area contributed by atoms with E-state index in [1.807, 2.05) is 37.3 Å². The van der Waals surface area contributed by atoms with Crippen LogP contribution in [0.3, 0.4) is 0 Å². The second kappa shape index (κ2) is 7.15. The molecule has 0 saturated carbocycles. The summed E-state index contributed by atoms with van der Waals surface area (Å²) in [5, 5.41) is 3.99. The number of likely N-dealkylation sites (N-methyl/N-ethyl adjacent to an activating group) is 1. The molecule has 1 aliphatic rings. The molecule has 1 fully saturated rings. The highest BCUT2D eigenvalue weighted by atomic mass is 16.5. The van der Waals surface area contributed by atoms with E-state index in [0.717, 1.165) is 42.8 Å². The Bertz CT molecular complexity index is 726. The first-order chi connectivity index (χ1) is 11.6. The third-order valence-electron chi connectivity index (χ3n) is 4.61. The molecule has 1 atom stereocenters. The van der Waals surface area contributed by atoms with E-state index in [9.17, 15) is 4.79 Å². The van der Waals surface area contributed by atoms with Crippen LogP contribution in [0, 0.1) is 0 Å². The van der Waals surface area contributed by atoms with E-state index in [4.69, 9.17) is 4.74 Å². The molecule has 2 heterocycles. The van der Waals surface area contributed by atoms with Gasteiger partial charge in [0.25, 0.3) is 0 Å². The van der Waals surface area contributed by atoms with Crippen molar-refractivity contribution in [3.05, 3.63) is 30.3 Å². The minimum Gasteiger partial charge on any atom is -0.481 e. The number of aromatic nitrogens is 1. The average molecular weight is 328 g/mol. The number of hydrogen-bond donors (Lipinski definition) is 1. The fraction of sp³-hybridized carbons (Fsp3) is 0.444. The molecule has 3 rings (SSSR count). The number of nitrogens with zero attached hydrogens (tertiary/aromatic N) is 3. The number of ether oxygens (including phenoxy) is 1. The lowest BCUT2D eigenvalue weighted by atomic mass is 10.1. The molecule has 0 bridgehead atoms. The van der Waals surface area contributed by atoms with Gasteiger partial charge in [0.05, 0.1) is 18.7 Å². The van der Waals surface area contributed by atoms with E-state index in [-0.39, 0.29) is 11.9 Å². The maximum Gasteiger partial charge on any atom is 0.241 e. The van der Waals surface area contributed by atoms with Gasteiger partial charge in [-0.3, -0.25) is 9.69 Å². The van der Waals surface area contributed by atoms with E-state index < -0.39 is 0 Å². The molecule has 6 heteroatoms. The molecule has 0 spiro atoms. The number of rotatable bonds is 4. The van der Waals surface area contributed by atoms with Gasteiger partial charge in [-0.05, 0) is 38.2 Å². The number of hydrogen-bond acceptors (Lipinski definition) is 5. The molecular formula is C18H24N4O2. The second-order valence-corrected chi connectivity index (χ2v) is 6.27. The van der Waals surface area contributed by atoms with Gasteiger partial charge >= 0.3 is 0 Å². The molecule has 1 aliphatic heterocycles. The summed E-state index contributed by atoms with van der Waals surface area (Å²) in [4.78, 5) is 21.4. The van der Waals surface area contributed by atoms with Crippen LogP contribution in [-0.4, -0.2) is 67.1 Å². The average Bonchev–Trinajstić information content (AvgIpc) is 2.61. The Balaban J connectivity index is 1.68. The molecule has 6 nitrogen and oxygen atoms in total. The third kappa shape index (κ3) is 3.66. The van der Waals surface area contributed by atoms with E-state index in [1.54, 1.807) is 7.11 Å². The monoisotopic (exact) mass is 328 g/mol. The molecule has 0 aliphatic carbocycles. The standard InChI is InChI=1S/C18H24N4O2/c1-13(22-10-8-21(2)9-11-22)18(23)19-15-5-6-16-14(12-15)4-7-17(20-16)24-3/h4-7,12-13H,8-11H2,1-3H3,(H,19,23)/t13-/m0/s1. The smallest absolute Gasteiger partial charge is 0.241 e. The summed E-state index contributed by atoms with van der Waals surface area (Å²) in [5.41, 5.74) is 1.64. The Kier molecular flexibility index (Phi) is 4.97. The summed E-state index contributed by atoms with van der Waals surface area (Å²) in [6.45, 7) is 5.81. The van der Waals surface area contributed by atoms with Gasteiger partial charge in [0, 0.05) is 43.3 Å². The first-order valence-corrected chi connectivity index (χ1v) is 8.25. The summed E-state index contributed by atoms with van der Waals surface area (Å²) in [7, 11) is 3.71. The van der Waals surface area contributed by atoms with Gasteiger partial charge in [-0.1, -0.05) is 0 Å². The zero-order valence-electron chi connectivity index (χ0n) is 14.5. The number of amides is 1. The summed E-state index contributed by atoms with van der Waals surface area (Å²) < 4.78 is 5.13. The number of carbonyl (C=O) groups excluding carboxylic acids is 1. The maximum atomic E-state index is 12.5. The highest BCUT2D eigenvalue weighted by Gasteiger charge is 2.24. The van der Waals surface area contributed by atoms with Gasteiger partial charge in [-0.2, -0.15) is 0 Å². The van der Waals surface area contributed by atoms with E-state index in [2.05, 4.69) is 27.1 Å². The highest BCUT2D eigenvalue weighted by molar-refractivity contribution is 5.96. The second-order valence-electron chi connectivity index (χ2n) is 6.27. The molecular weight excluding hydrogens is 304 g/mol. The first-order valence-electron chi connectivity index (χ1n) is 8.25. The van der Waals surface area contributed by atoms with Crippen molar-refractivity contribution in [2.75, 3.05) is 45.7 Å². The van der Waals surface area contributed by atoms with E-state index in [1.165, 1.54) is 0 Å². The summed E-state index contributed by atoms with van der Waals surface area (Å²) in [5.74, 6) is 0.614. The summed E-state index contributed by atoms with van der Waals surface area (Å²) >= 11 is 0. The molecule has 1 saturated heterocycles. The minimum atomic E-state index is -0.136. The molecule has 0 unspecified atom stereocenters. The number of piperazine rings is 1. The Morgan fingerprint density at radius 3 is 2.67 bits per heavy atom. The van der Waals surface area contributed by atoms with Gasteiger partial charge in [0.1, 0.15) is 0 Å². The molecule has 2 aromatic rings. The number of nitrogens with one attached hydrogen (secondary N) is 1. The zero-order chi connectivity index (χ0) is 17.1. The number of benzene rings is 1. The topological polar surface area (TPSA) is 57.7 Å². The van der Waals surface area contributed by atoms with Crippen molar-refractivity contribution in [1.82, 2.24) is 14.8 Å². The van der Waals surface area contributed by atoms with Crippen LogP contribution in [0.25, 0.3) is 10.9 Å². The SMILES string of the molecule is COc1ccc2cc(NC(=O)[C@H](C)N3CCN(C)CC3)ccc2n1. The Labute approximate surface area is 142 Å². The van der Waals surface area contributed by atoms with Gasteiger partial charge in [0.2, 0.25) is 11.8 Å². The fourth-order valence-corrected chi connectivity index (χ4v) is 2.92. The molecule has 128 valence electrons. The zero-order valence-corrected chi connectivity index (χ0v) is 14.5. The van der Waals surface area contributed by atoms with Crippen LogP contribution in [0.15, 0.2) is 30.3 Å². The van der Waals surface area contributed by atoms with Gasteiger partial charge < -0.3 is 15.0 Å². The number of methoxy groups -OCH3 is 1. The number of carbonyl (C=O) groups is 1. The Morgan fingerprint density at radius 2 is 1.96 bits per heavy atom. The van der Waals surface area contributed by atoms with Crippen LogP contribution in [-0.2, 0) is 4.79 Å². The summed E-state index contributed by atoms with van der Waals surface area (Å²) in [6, 6.07) is 9.35. The predicted octanol–water partition coefficient (Wildman–Crippen LogP) is 1.82. The quantitative estimate of drug-likeness (QED) is 0.928. The Hall–Kier alpha value is -2.18. The van der Waals surface area contributed by atoms with Crippen molar-refractivity contribution in [2.45, 2.75) is 13.0 Å². The number of anilines is 1. The fourth-order valence-electron chi connectivity index (χ4n) is 2.92. The lowest BCUT2D eigenvalue weighted by Crippen LogP contribution is -2.51. The minimum absolute atomic E-state index is 0.0281. The van der Waals surface area contributed by atoms with Crippen LogP contribution in [0.2, 0.25) is 0 Å². The highest BCUT2D eigenvalue weighted by Crippen LogP contribution is 2.21. The van der Waals surface area contributed by atoms with Gasteiger partial charge in [0.15, 0.2) is 0 Å². The summed E-state index contributed by atoms with van der Waals surface area (Å²) in [6.07, 6.45) is 0. The van der Waals surface area contributed by atoms with Gasteiger partial charge in [-0.25, -0.2) is 4.98 Å². The van der Waals surface area contributed by atoms with Crippen LogP contribution >= 0.6 is 0 Å². The molecule has 1 N–H and O–H groups in total. The first kappa shape index (κ1) is 16.7. The van der Waals surface area contributed by atoms with Crippen LogP contribution in [0.4, 0.5) is 5.69 Å². The Morgan fingerprint density at radius 1 is 1.21 bits per heavy atom. The number of fused-ring (bicyclic) bond motifs is 1. The molecule has 1 amide bonds. The predicted molar refractivity (Wildman–Crippen MR) is 95.5 cm³/mol. The number of pyridine rings is 1. The van der Waals surface area contributed by atoms with Crippen LogP contribution in [0.1, 0.15) is 6.92 Å². The lowest BCUT2D eigenvalue weighted by molar-refractivity contribution is -0.121. The van der Waals surface area contributed by atoms with Crippen molar-refractivity contribution >= 4 is 22.5 Å². The molecule has 1 aromatic carbocycles. The van der Waals surface area contributed by atoms with E-state index in [0.29, 0.717) is 5.88 Å². The van der Waals surface area contributed by atoms with Crippen LogP contribution < -0.4 is 10.1 Å². The largest absolute Gasteiger partial charge is 0.481 e. The van der Waals surface area contributed by atoms with Crippen molar-refractivity contribution in [2.24, 2.45) is 0 Å². The van der Waals surface area contributed by atoms with Crippen LogP contribution in [0.5, 0.6) is 5.88 Å². The van der Waals surface area contributed by atoms with Crippen molar-refractivity contribution in [1.29, 1.82) is 0 Å². The lowest BCUT2D eigenvalue weighted by Gasteiger charge is -2.35.